The van der Waals surface area contributed by atoms with Crippen molar-refractivity contribution in [3.05, 3.63) is 24.3 Å². The summed E-state index contributed by atoms with van der Waals surface area (Å²) in [6.45, 7) is 1.98. The summed E-state index contributed by atoms with van der Waals surface area (Å²) in [5.41, 5.74) is 0. The molecule has 1 aromatic carbocycles. The topological polar surface area (TPSA) is 67.8 Å². The first-order valence-corrected chi connectivity index (χ1v) is 6.86. The summed E-state index contributed by atoms with van der Waals surface area (Å²) in [6, 6.07) is 7.05. The van der Waals surface area contributed by atoms with Crippen LogP contribution in [0.25, 0.3) is 0 Å². The van der Waals surface area contributed by atoms with Gasteiger partial charge in [0.15, 0.2) is 6.10 Å². The van der Waals surface area contributed by atoms with E-state index in [0.29, 0.717) is 18.2 Å². The van der Waals surface area contributed by atoms with Crippen molar-refractivity contribution in [2.75, 3.05) is 13.7 Å². The van der Waals surface area contributed by atoms with Gasteiger partial charge in [0.05, 0.1) is 13.2 Å². The van der Waals surface area contributed by atoms with Gasteiger partial charge in [0.2, 0.25) is 0 Å². The Hall–Kier alpha value is -1.75. The lowest BCUT2D eigenvalue weighted by Gasteiger charge is -2.16. The van der Waals surface area contributed by atoms with E-state index in [2.05, 4.69) is 5.32 Å². The maximum Gasteiger partial charge on any atom is 0.260 e. The summed E-state index contributed by atoms with van der Waals surface area (Å²) in [4.78, 5) is 11.8. The molecular formula is C15H21NO4. The Morgan fingerprint density at radius 1 is 1.35 bits per heavy atom. The van der Waals surface area contributed by atoms with Gasteiger partial charge >= 0.3 is 0 Å². The van der Waals surface area contributed by atoms with Crippen LogP contribution >= 0.6 is 0 Å². The number of nitrogens with one attached hydrogen (secondary N) is 1. The molecule has 0 heterocycles. The van der Waals surface area contributed by atoms with E-state index in [1.54, 1.807) is 38.3 Å². The Bertz CT molecular complexity index is 442. The van der Waals surface area contributed by atoms with Crippen molar-refractivity contribution in [3.8, 4) is 11.5 Å². The maximum absolute atomic E-state index is 11.8. The van der Waals surface area contributed by atoms with E-state index in [-0.39, 0.29) is 5.91 Å². The second kappa shape index (κ2) is 6.61. The molecule has 0 bridgehead atoms. The minimum absolute atomic E-state index is 0.222. The molecule has 0 saturated heterocycles. The van der Waals surface area contributed by atoms with Crippen molar-refractivity contribution in [1.29, 1.82) is 0 Å². The quantitative estimate of drug-likeness (QED) is 0.790. The zero-order valence-corrected chi connectivity index (χ0v) is 11.8. The molecule has 110 valence electrons. The lowest BCUT2D eigenvalue weighted by molar-refractivity contribution is -0.127. The van der Waals surface area contributed by atoms with Gasteiger partial charge in [0.25, 0.3) is 5.91 Å². The van der Waals surface area contributed by atoms with Crippen LogP contribution in [0.1, 0.15) is 19.8 Å². The van der Waals surface area contributed by atoms with Gasteiger partial charge in [-0.15, -0.1) is 0 Å². The number of rotatable bonds is 7. The van der Waals surface area contributed by atoms with Crippen LogP contribution in [-0.4, -0.2) is 36.9 Å². The second-order valence-electron chi connectivity index (χ2n) is 5.09. The molecule has 20 heavy (non-hydrogen) atoms. The highest BCUT2D eigenvalue weighted by atomic mass is 16.5. The van der Waals surface area contributed by atoms with Crippen LogP contribution in [0, 0.1) is 5.92 Å². The fraction of sp³-hybridized carbons (Fsp3) is 0.533. The molecule has 0 spiro atoms. The number of carbonyl (C=O) groups is 1. The number of hydrogen-bond acceptors (Lipinski definition) is 4. The first-order valence-electron chi connectivity index (χ1n) is 6.86. The van der Waals surface area contributed by atoms with Gasteiger partial charge < -0.3 is 19.9 Å². The van der Waals surface area contributed by atoms with E-state index < -0.39 is 12.2 Å². The van der Waals surface area contributed by atoms with Crippen LogP contribution in [-0.2, 0) is 4.79 Å². The first kappa shape index (κ1) is 14.7. The molecule has 1 saturated carbocycles. The molecule has 2 rings (SSSR count). The molecule has 5 heteroatoms. The van der Waals surface area contributed by atoms with Gasteiger partial charge in [-0.3, -0.25) is 4.79 Å². The number of aliphatic hydroxyl groups excluding tert-OH is 1. The monoisotopic (exact) mass is 279 g/mol. The fourth-order valence-electron chi connectivity index (χ4n) is 1.91. The van der Waals surface area contributed by atoms with Crippen LogP contribution < -0.4 is 14.8 Å². The number of ether oxygens (including phenoxy) is 2. The van der Waals surface area contributed by atoms with Crippen LogP contribution in [0.3, 0.4) is 0 Å². The molecule has 5 nitrogen and oxygen atoms in total. The highest BCUT2D eigenvalue weighted by Gasteiger charge is 2.30. The van der Waals surface area contributed by atoms with Gasteiger partial charge in [-0.2, -0.15) is 0 Å². The molecule has 2 unspecified atom stereocenters. The van der Waals surface area contributed by atoms with E-state index in [1.165, 1.54) is 0 Å². The predicted molar refractivity (Wildman–Crippen MR) is 74.8 cm³/mol. The summed E-state index contributed by atoms with van der Waals surface area (Å²) in [6.07, 6.45) is 1.06. The van der Waals surface area contributed by atoms with Gasteiger partial charge in [-0.05, 0) is 49.9 Å². The number of benzene rings is 1. The Labute approximate surface area is 118 Å². The van der Waals surface area contributed by atoms with Crippen molar-refractivity contribution < 1.29 is 19.4 Å². The molecule has 1 fully saturated rings. The molecular weight excluding hydrogens is 258 g/mol. The summed E-state index contributed by atoms with van der Waals surface area (Å²) < 4.78 is 10.6. The van der Waals surface area contributed by atoms with Crippen molar-refractivity contribution >= 4 is 5.91 Å². The third-order valence-electron chi connectivity index (χ3n) is 3.39. The van der Waals surface area contributed by atoms with Crippen molar-refractivity contribution in [1.82, 2.24) is 5.32 Å². The number of carbonyl (C=O) groups excluding carboxylic acids is 1. The zero-order valence-electron chi connectivity index (χ0n) is 11.8. The van der Waals surface area contributed by atoms with Crippen LogP contribution in [0.4, 0.5) is 0 Å². The maximum atomic E-state index is 11.8. The molecule has 2 atom stereocenters. The predicted octanol–water partition coefficient (Wildman–Crippen LogP) is 1.35. The van der Waals surface area contributed by atoms with Crippen LogP contribution in [0.2, 0.25) is 0 Å². The van der Waals surface area contributed by atoms with E-state index in [4.69, 9.17) is 9.47 Å². The normalized spacial score (nSPS) is 17.1. The number of amides is 1. The van der Waals surface area contributed by atoms with Crippen molar-refractivity contribution in [2.24, 2.45) is 5.92 Å². The minimum atomic E-state index is -0.602. The molecule has 0 aromatic heterocycles. The van der Waals surface area contributed by atoms with Gasteiger partial charge in [-0.25, -0.2) is 0 Å². The average Bonchev–Trinajstić information content (AvgIpc) is 3.29. The molecule has 1 aromatic rings. The standard InChI is InChI=1S/C15H21NO4/c1-10(15(18)16-9-14(17)11-3-4-11)20-13-7-5-12(19-2)6-8-13/h5-8,10-11,14,17H,3-4,9H2,1-2H3,(H,16,18). The molecule has 1 amide bonds. The van der Waals surface area contributed by atoms with Crippen LogP contribution in [0.15, 0.2) is 24.3 Å². The highest BCUT2D eigenvalue weighted by Crippen LogP contribution is 2.32. The van der Waals surface area contributed by atoms with E-state index >= 15 is 0 Å². The number of hydrogen-bond donors (Lipinski definition) is 2. The fourth-order valence-corrected chi connectivity index (χ4v) is 1.91. The Morgan fingerprint density at radius 3 is 2.50 bits per heavy atom. The largest absolute Gasteiger partial charge is 0.497 e. The molecule has 0 aliphatic heterocycles. The lowest BCUT2D eigenvalue weighted by atomic mass is 10.2. The molecule has 0 radical (unpaired) electrons. The van der Waals surface area contributed by atoms with Gasteiger partial charge in [0.1, 0.15) is 11.5 Å². The Morgan fingerprint density at radius 2 is 1.95 bits per heavy atom. The zero-order chi connectivity index (χ0) is 14.5. The summed E-state index contributed by atoms with van der Waals surface area (Å²) in [5, 5.41) is 12.4. The number of aliphatic hydroxyl groups is 1. The molecule has 1 aliphatic rings. The average molecular weight is 279 g/mol. The molecule has 2 N–H and O–H groups in total. The first-order chi connectivity index (χ1) is 9.60. The Kier molecular flexibility index (Phi) is 4.84. The smallest absolute Gasteiger partial charge is 0.260 e. The van der Waals surface area contributed by atoms with E-state index in [0.717, 1.165) is 18.6 Å². The van der Waals surface area contributed by atoms with Crippen LogP contribution in [0.5, 0.6) is 11.5 Å². The van der Waals surface area contributed by atoms with Crippen molar-refractivity contribution in [2.45, 2.75) is 32.0 Å². The highest BCUT2D eigenvalue weighted by molar-refractivity contribution is 5.80. The summed E-state index contributed by atoms with van der Waals surface area (Å²) in [5.74, 6) is 1.48. The summed E-state index contributed by atoms with van der Waals surface area (Å²) in [7, 11) is 1.59. The van der Waals surface area contributed by atoms with E-state index in [1.807, 2.05) is 0 Å². The second-order valence-corrected chi connectivity index (χ2v) is 5.09. The minimum Gasteiger partial charge on any atom is -0.497 e. The Balaban J connectivity index is 1.77. The third-order valence-corrected chi connectivity index (χ3v) is 3.39. The van der Waals surface area contributed by atoms with Crippen molar-refractivity contribution in [3.63, 3.8) is 0 Å². The lowest BCUT2D eigenvalue weighted by Crippen LogP contribution is -2.40. The third kappa shape index (κ3) is 4.13. The SMILES string of the molecule is COc1ccc(OC(C)C(=O)NCC(O)C2CC2)cc1. The number of methoxy groups -OCH3 is 1. The van der Waals surface area contributed by atoms with Gasteiger partial charge in [0, 0.05) is 6.54 Å². The summed E-state index contributed by atoms with van der Waals surface area (Å²) >= 11 is 0. The van der Waals surface area contributed by atoms with Gasteiger partial charge in [-0.1, -0.05) is 0 Å². The van der Waals surface area contributed by atoms with E-state index in [9.17, 15) is 9.90 Å². The molecule has 1 aliphatic carbocycles.